The number of benzene rings is 2. The first-order chi connectivity index (χ1) is 12.1. The normalized spacial score (nSPS) is 10.1. The Balaban J connectivity index is 2.03. The Labute approximate surface area is 148 Å². The first-order valence-electron chi connectivity index (χ1n) is 8.25. The molecule has 0 fully saturated rings. The van der Waals surface area contributed by atoms with E-state index in [0.29, 0.717) is 17.2 Å². The molecule has 0 unspecified atom stereocenters. The summed E-state index contributed by atoms with van der Waals surface area (Å²) in [6.07, 6.45) is 0. The highest BCUT2D eigenvalue weighted by molar-refractivity contribution is 6.00. The average molecular weight is 343 g/mol. The zero-order valence-electron chi connectivity index (χ0n) is 15.1. The van der Waals surface area contributed by atoms with Crippen LogP contribution in [0.1, 0.15) is 13.8 Å². The smallest absolute Gasteiger partial charge is 0.323 e. The molecule has 2 amide bonds. The minimum atomic E-state index is -0.328. The molecular formula is C19H25N3O3. The number of amides is 2. The van der Waals surface area contributed by atoms with Crippen molar-refractivity contribution in [2.24, 2.45) is 0 Å². The molecule has 6 heteroatoms. The molecule has 0 aliphatic carbocycles. The Morgan fingerprint density at radius 2 is 1.40 bits per heavy atom. The summed E-state index contributed by atoms with van der Waals surface area (Å²) < 4.78 is 10.4. The van der Waals surface area contributed by atoms with Gasteiger partial charge in [0.1, 0.15) is 11.5 Å². The monoisotopic (exact) mass is 343 g/mol. The van der Waals surface area contributed by atoms with Crippen LogP contribution in [0.4, 0.5) is 21.9 Å². The summed E-state index contributed by atoms with van der Waals surface area (Å²) in [6.45, 7) is 6.12. The Morgan fingerprint density at radius 1 is 0.880 bits per heavy atom. The van der Waals surface area contributed by atoms with Gasteiger partial charge >= 0.3 is 6.03 Å². The summed E-state index contributed by atoms with van der Waals surface area (Å²) in [5.41, 5.74) is 2.45. The predicted octanol–water partition coefficient (Wildman–Crippen LogP) is 4.19. The summed E-state index contributed by atoms with van der Waals surface area (Å²) in [5, 5.41) is 5.60. The number of hydrogen-bond acceptors (Lipinski definition) is 4. The fraction of sp³-hybridized carbons (Fsp3) is 0.316. The van der Waals surface area contributed by atoms with Gasteiger partial charge in [0.25, 0.3) is 0 Å². The van der Waals surface area contributed by atoms with Crippen LogP contribution in [0.3, 0.4) is 0 Å². The third kappa shape index (κ3) is 5.04. The predicted molar refractivity (Wildman–Crippen MR) is 102 cm³/mol. The van der Waals surface area contributed by atoms with Crippen LogP contribution in [0.25, 0.3) is 0 Å². The molecule has 0 saturated carbocycles. The second-order valence-electron chi connectivity index (χ2n) is 5.40. The molecule has 2 aromatic carbocycles. The van der Waals surface area contributed by atoms with Crippen molar-refractivity contribution in [1.29, 1.82) is 0 Å². The lowest BCUT2D eigenvalue weighted by Gasteiger charge is -2.21. The van der Waals surface area contributed by atoms with Crippen molar-refractivity contribution in [2.45, 2.75) is 13.8 Å². The molecule has 0 atom stereocenters. The third-order valence-corrected chi connectivity index (χ3v) is 3.86. The van der Waals surface area contributed by atoms with Crippen molar-refractivity contribution in [3.05, 3.63) is 42.5 Å². The van der Waals surface area contributed by atoms with Gasteiger partial charge in [-0.2, -0.15) is 0 Å². The molecule has 0 saturated heterocycles. The van der Waals surface area contributed by atoms with E-state index in [9.17, 15) is 4.79 Å². The summed E-state index contributed by atoms with van der Waals surface area (Å²) in [5.74, 6) is 1.22. The SMILES string of the molecule is CCN(CC)c1ccc(NC(=O)Nc2cc(OC)cc(OC)c2)cc1. The van der Waals surface area contributed by atoms with Crippen LogP contribution in [0, 0.1) is 0 Å². The summed E-state index contributed by atoms with van der Waals surface area (Å²) >= 11 is 0. The van der Waals surface area contributed by atoms with Crippen molar-refractivity contribution >= 4 is 23.1 Å². The van der Waals surface area contributed by atoms with E-state index in [-0.39, 0.29) is 6.03 Å². The number of anilines is 3. The first kappa shape index (κ1) is 18.4. The van der Waals surface area contributed by atoms with Crippen LogP contribution < -0.4 is 25.0 Å². The fourth-order valence-electron chi connectivity index (χ4n) is 2.52. The molecule has 2 aromatic rings. The van der Waals surface area contributed by atoms with Crippen LogP contribution in [0.5, 0.6) is 11.5 Å². The van der Waals surface area contributed by atoms with E-state index in [1.165, 1.54) is 0 Å². The highest BCUT2D eigenvalue weighted by Gasteiger charge is 2.07. The molecule has 0 aromatic heterocycles. The molecule has 0 bridgehead atoms. The molecule has 25 heavy (non-hydrogen) atoms. The quantitative estimate of drug-likeness (QED) is 0.791. The van der Waals surface area contributed by atoms with Crippen LogP contribution >= 0.6 is 0 Å². The average Bonchev–Trinajstić information content (AvgIpc) is 2.63. The first-order valence-corrected chi connectivity index (χ1v) is 8.25. The van der Waals surface area contributed by atoms with Crippen molar-refractivity contribution in [3.63, 3.8) is 0 Å². The minimum Gasteiger partial charge on any atom is -0.497 e. The molecule has 2 N–H and O–H groups in total. The number of urea groups is 1. The number of nitrogens with one attached hydrogen (secondary N) is 2. The highest BCUT2D eigenvalue weighted by atomic mass is 16.5. The molecule has 0 heterocycles. The largest absolute Gasteiger partial charge is 0.497 e. The lowest BCUT2D eigenvalue weighted by Crippen LogP contribution is -2.22. The number of ether oxygens (including phenoxy) is 2. The van der Waals surface area contributed by atoms with Gasteiger partial charge in [-0.05, 0) is 38.1 Å². The van der Waals surface area contributed by atoms with Gasteiger partial charge in [-0.1, -0.05) is 0 Å². The Kier molecular flexibility index (Phi) is 6.51. The lowest BCUT2D eigenvalue weighted by molar-refractivity contribution is 0.262. The second-order valence-corrected chi connectivity index (χ2v) is 5.40. The standard InChI is InChI=1S/C19H25N3O3/c1-5-22(6-2)16-9-7-14(8-10-16)20-19(23)21-15-11-17(24-3)13-18(12-15)25-4/h7-13H,5-6H2,1-4H3,(H2,20,21,23). The van der Waals surface area contributed by atoms with Gasteiger partial charge in [0, 0.05) is 48.4 Å². The summed E-state index contributed by atoms with van der Waals surface area (Å²) in [4.78, 5) is 14.4. The number of nitrogens with zero attached hydrogens (tertiary/aromatic N) is 1. The molecule has 0 aliphatic heterocycles. The Bertz CT molecular complexity index is 675. The topological polar surface area (TPSA) is 62.8 Å². The van der Waals surface area contributed by atoms with Crippen LogP contribution in [-0.4, -0.2) is 33.3 Å². The van der Waals surface area contributed by atoms with Gasteiger partial charge in [-0.15, -0.1) is 0 Å². The Morgan fingerprint density at radius 3 is 1.88 bits per heavy atom. The van der Waals surface area contributed by atoms with Gasteiger partial charge in [-0.3, -0.25) is 0 Å². The number of rotatable bonds is 7. The number of carbonyl (C=O) groups excluding carboxylic acids is 1. The van der Waals surface area contributed by atoms with Gasteiger partial charge in [0.05, 0.1) is 14.2 Å². The number of hydrogen-bond donors (Lipinski definition) is 2. The van der Waals surface area contributed by atoms with Gasteiger partial charge in [-0.25, -0.2) is 4.79 Å². The van der Waals surface area contributed by atoms with E-state index in [0.717, 1.165) is 24.5 Å². The van der Waals surface area contributed by atoms with Crippen molar-refractivity contribution < 1.29 is 14.3 Å². The van der Waals surface area contributed by atoms with E-state index in [2.05, 4.69) is 29.4 Å². The lowest BCUT2D eigenvalue weighted by atomic mass is 10.2. The highest BCUT2D eigenvalue weighted by Crippen LogP contribution is 2.26. The molecular weight excluding hydrogens is 318 g/mol. The fourth-order valence-corrected chi connectivity index (χ4v) is 2.52. The van der Waals surface area contributed by atoms with E-state index >= 15 is 0 Å². The molecule has 6 nitrogen and oxygen atoms in total. The number of methoxy groups -OCH3 is 2. The molecule has 0 aliphatic rings. The summed E-state index contributed by atoms with van der Waals surface area (Å²) in [6, 6.07) is 12.6. The van der Waals surface area contributed by atoms with E-state index in [4.69, 9.17) is 9.47 Å². The zero-order valence-corrected chi connectivity index (χ0v) is 15.1. The van der Waals surface area contributed by atoms with E-state index in [1.807, 2.05) is 24.3 Å². The minimum absolute atomic E-state index is 0.328. The van der Waals surface area contributed by atoms with Gasteiger partial charge in [0.2, 0.25) is 0 Å². The van der Waals surface area contributed by atoms with Gasteiger partial charge in [0.15, 0.2) is 0 Å². The van der Waals surface area contributed by atoms with Gasteiger partial charge < -0.3 is 25.0 Å². The Hall–Kier alpha value is -2.89. The van der Waals surface area contributed by atoms with Crippen molar-refractivity contribution in [3.8, 4) is 11.5 Å². The van der Waals surface area contributed by atoms with E-state index in [1.54, 1.807) is 32.4 Å². The van der Waals surface area contributed by atoms with Crippen molar-refractivity contribution in [1.82, 2.24) is 0 Å². The molecule has 0 radical (unpaired) electrons. The molecule has 134 valence electrons. The second kappa shape index (κ2) is 8.82. The third-order valence-electron chi connectivity index (χ3n) is 3.86. The van der Waals surface area contributed by atoms with Crippen LogP contribution in [0.2, 0.25) is 0 Å². The van der Waals surface area contributed by atoms with Crippen LogP contribution in [-0.2, 0) is 0 Å². The van der Waals surface area contributed by atoms with Crippen molar-refractivity contribution in [2.75, 3.05) is 42.8 Å². The zero-order chi connectivity index (χ0) is 18.2. The molecule has 2 rings (SSSR count). The number of carbonyl (C=O) groups is 1. The van der Waals surface area contributed by atoms with Crippen LogP contribution in [0.15, 0.2) is 42.5 Å². The molecule has 0 spiro atoms. The maximum Gasteiger partial charge on any atom is 0.323 e. The van der Waals surface area contributed by atoms with E-state index < -0.39 is 0 Å². The summed E-state index contributed by atoms with van der Waals surface area (Å²) in [7, 11) is 3.13. The maximum atomic E-state index is 12.2. The maximum absolute atomic E-state index is 12.2.